The fourth-order valence-electron chi connectivity index (χ4n) is 3.46. The molecule has 2 aromatic heterocycles. The number of aromatic nitrogens is 4. The van der Waals surface area contributed by atoms with Gasteiger partial charge in [0.15, 0.2) is 5.82 Å². The van der Waals surface area contributed by atoms with Crippen LogP contribution in [0.25, 0.3) is 16.8 Å². The number of nitrogens with zero attached hydrogens (tertiary/aromatic N) is 4. The molecule has 3 N–H and O–H groups in total. The van der Waals surface area contributed by atoms with Gasteiger partial charge in [-0.15, -0.1) is 0 Å². The molecule has 8 nitrogen and oxygen atoms in total. The normalized spacial score (nSPS) is 11.3. The maximum Gasteiger partial charge on any atom is 0.387 e. The summed E-state index contributed by atoms with van der Waals surface area (Å²) in [4.78, 5) is 21.3. The van der Waals surface area contributed by atoms with Gasteiger partial charge in [0, 0.05) is 18.0 Å². The summed E-state index contributed by atoms with van der Waals surface area (Å²) in [5.41, 5.74) is 9.09. The maximum atomic E-state index is 12.6. The fraction of sp³-hybridized carbons (Fsp3) is 0.217. The molecule has 4 aromatic rings. The van der Waals surface area contributed by atoms with Crippen molar-refractivity contribution in [2.45, 2.75) is 32.9 Å². The summed E-state index contributed by atoms with van der Waals surface area (Å²) in [6.07, 6.45) is 1.40. The molecule has 0 bridgehead atoms. The van der Waals surface area contributed by atoms with E-state index in [1.54, 1.807) is 10.6 Å². The van der Waals surface area contributed by atoms with Crippen LogP contribution in [0.2, 0.25) is 0 Å². The van der Waals surface area contributed by atoms with Crippen LogP contribution in [0.5, 0.6) is 5.75 Å². The van der Waals surface area contributed by atoms with Crippen LogP contribution in [0, 0.1) is 0 Å². The van der Waals surface area contributed by atoms with Gasteiger partial charge >= 0.3 is 6.61 Å². The predicted octanol–water partition coefficient (Wildman–Crippen LogP) is 4.03. The lowest BCUT2D eigenvalue weighted by atomic mass is 10.1. The summed E-state index contributed by atoms with van der Waals surface area (Å²) < 4.78 is 31.3. The van der Waals surface area contributed by atoms with Crippen molar-refractivity contribution < 1.29 is 18.3 Å². The zero-order chi connectivity index (χ0) is 23.5. The molecule has 0 radical (unpaired) electrons. The average Bonchev–Trinajstić information content (AvgIpc) is 3.19. The number of nitrogen functional groups attached to an aromatic ring is 1. The summed E-state index contributed by atoms with van der Waals surface area (Å²) in [6, 6.07) is 13.3. The van der Waals surface area contributed by atoms with Crippen LogP contribution >= 0.6 is 0 Å². The zero-order valence-electron chi connectivity index (χ0n) is 18.0. The number of imidazole rings is 1. The first-order valence-electron chi connectivity index (χ1n) is 10.3. The molecule has 0 atom stereocenters. The summed E-state index contributed by atoms with van der Waals surface area (Å²) >= 11 is 0. The van der Waals surface area contributed by atoms with E-state index in [0.29, 0.717) is 17.0 Å². The van der Waals surface area contributed by atoms with Gasteiger partial charge in [-0.25, -0.2) is 14.5 Å². The minimum Gasteiger partial charge on any atom is -0.434 e. The summed E-state index contributed by atoms with van der Waals surface area (Å²) in [6.45, 7) is 1.23. The molecule has 1 amide bonds. The summed E-state index contributed by atoms with van der Waals surface area (Å²) in [5, 5.41) is 7.01. The molecule has 0 aliphatic rings. The van der Waals surface area contributed by atoms with Crippen molar-refractivity contribution >= 4 is 17.2 Å². The van der Waals surface area contributed by atoms with Crippen molar-refractivity contribution in [3.63, 3.8) is 0 Å². The molecule has 10 heteroatoms. The second kappa shape index (κ2) is 9.19. The van der Waals surface area contributed by atoms with Gasteiger partial charge in [-0.1, -0.05) is 50.2 Å². The first kappa shape index (κ1) is 22.1. The third-order valence-corrected chi connectivity index (χ3v) is 5.03. The molecule has 4 rings (SSSR count). The highest BCUT2D eigenvalue weighted by atomic mass is 19.3. The SMILES string of the molecule is CC(C)c1nc(-c2ccc(CNC(=O)c3ccccc3OC(F)F)cc2)c2c(N)ncnn12. The number of carbonyl (C=O) groups excluding carboxylic acids is 1. The smallest absolute Gasteiger partial charge is 0.387 e. The molecular weight excluding hydrogens is 430 g/mol. The number of nitrogens with two attached hydrogens (primary N) is 1. The highest BCUT2D eigenvalue weighted by Gasteiger charge is 2.19. The number of nitrogens with one attached hydrogen (secondary N) is 1. The Morgan fingerprint density at radius 2 is 1.88 bits per heavy atom. The molecule has 0 aliphatic heterocycles. The van der Waals surface area contributed by atoms with Gasteiger partial charge in [0.25, 0.3) is 5.91 Å². The average molecular weight is 452 g/mol. The van der Waals surface area contributed by atoms with Crippen LogP contribution in [0.15, 0.2) is 54.9 Å². The number of hydrogen-bond acceptors (Lipinski definition) is 6. The predicted molar refractivity (Wildman–Crippen MR) is 119 cm³/mol. The Hall–Kier alpha value is -4.08. The van der Waals surface area contributed by atoms with E-state index in [9.17, 15) is 13.6 Å². The summed E-state index contributed by atoms with van der Waals surface area (Å²) in [7, 11) is 0. The first-order valence-corrected chi connectivity index (χ1v) is 10.3. The van der Waals surface area contributed by atoms with Crippen molar-refractivity contribution in [3.05, 3.63) is 71.8 Å². The number of alkyl halides is 2. The molecule has 2 heterocycles. The van der Waals surface area contributed by atoms with E-state index in [1.807, 2.05) is 38.1 Å². The van der Waals surface area contributed by atoms with Crippen LogP contribution < -0.4 is 15.8 Å². The monoisotopic (exact) mass is 452 g/mol. The lowest BCUT2D eigenvalue weighted by Crippen LogP contribution is -2.23. The van der Waals surface area contributed by atoms with Gasteiger partial charge in [-0.05, 0) is 17.7 Å². The molecule has 170 valence electrons. The van der Waals surface area contributed by atoms with Gasteiger partial charge in [-0.3, -0.25) is 4.79 Å². The Balaban J connectivity index is 1.53. The van der Waals surface area contributed by atoms with Crippen molar-refractivity contribution in [1.82, 2.24) is 24.9 Å². The molecule has 0 saturated carbocycles. The molecule has 0 fully saturated rings. The van der Waals surface area contributed by atoms with E-state index >= 15 is 0 Å². The number of benzene rings is 2. The molecule has 0 unspecified atom stereocenters. The number of anilines is 1. The topological polar surface area (TPSA) is 107 Å². The van der Waals surface area contributed by atoms with Crippen LogP contribution in [0.3, 0.4) is 0 Å². The third-order valence-electron chi connectivity index (χ3n) is 5.03. The van der Waals surface area contributed by atoms with Crippen LogP contribution in [0.4, 0.5) is 14.6 Å². The maximum absolute atomic E-state index is 12.6. The Morgan fingerprint density at radius 3 is 2.58 bits per heavy atom. The Labute approximate surface area is 188 Å². The van der Waals surface area contributed by atoms with Crippen molar-refractivity contribution in [2.75, 3.05) is 5.73 Å². The van der Waals surface area contributed by atoms with Gasteiger partial charge < -0.3 is 15.8 Å². The quantitative estimate of drug-likeness (QED) is 0.438. The largest absolute Gasteiger partial charge is 0.434 e. The zero-order valence-corrected chi connectivity index (χ0v) is 18.0. The molecule has 33 heavy (non-hydrogen) atoms. The van der Waals surface area contributed by atoms with Crippen LogP contribution in [0.1, 0.15) is 41.5 Å². The number of fused-ring (bicyclic) bond motifs is 1. The lowest BCUT2D eigenvalue weighted by molar-refractivity contribution is -0.0501. The van der Waals surface area contributed by atoms with Gasteiger partial charge in [0.05, 0.1) is 5.56 Å². The minimum atomic E-state index is -3.01. The molecule has 0 saturated heterocycles. The van der Waals surface area contributed by atoms with E-state index in [-0.39, 0.29) is 23.8 Å². The second-order valence-corrected chi connectivity index (χ2v) is 7.63. The first-order chi connectivity index (χ1) is 15.8. The number of para-hydroxylation sites is 1. The van der Waals surface area contributed by atoms with Gasteiger partial charge in [0.2, 0.25) is 0 Å². The number of halogens is 2. The lowest BCUT2D eigenvalue weighted by Gasteiger charge is -2.11. The molecule has 0 aliphatic carbocycles. The highest BCUT2D eigenvalue weighted by Crippen LogP contribution is 2.30. The Bertz CT molecular complexity index is 1290. The number of amides is 1. The molecular formula is C23H22F2N6O2. The summed E-state index contributed by atoms with van der Waals surface area (Å²) in [5.74, 6) is 0.553. The Kier molecular flexibility index (Phi) is 6.16. The van der Waals surface area contributed by atoms with E-state index in [2.05, 4.69) is 20.1 Å². The van der Waals surface area contributed by atoms with Crippen molar-refractivity contribution in [1.29, 1.82) is 0 Å². The van der Waals surface area contributed by atoms with Crippen molar-refractivity contribution in [2.24, 2.45) is 0 Å². The highest BCUT2D eigenvalue weighted by molar-refractivity contribution is 5.96. The third kappa shape index (κ3) is 4.59. The van der Waals surface area contributed by atoms with Crippen molar-refractivity contribution in [3.8, 4) is 17.0 Å². The fourth-order valence-corrected chi connectivity index (χ4v) is 3.46. The number of carbonyl (C=O) groups is 1. The molecule has 0 spiro atoms. The van der Waals surface area contributed by atoms with Gasteiger partial charge in [-0.2, -0.15) is 13.9 Å². The number of hydrogen-bond donors (Lipinski definition) is 2. The van der Waals surface area contributed by atoms with Crippen LogP contribution in [-0.4, -0.2) is 32.1 Å². The van der Waals surface area contributed by atoms with Gasteiger partial charge in [0.1, 0.15) is 29.1 Å². The van der Waals surface area contributed by atoms with E-state index in [1.165, 1.54) is 24.5 Å². The number of rotatable bonds is 7. The van der Waals surface area contributed by atoms with E-state index in [0.717, 1.165) is 17.0 Å². The van der Waals surface area contributed by atoms with E-state index in [4.69, 9.17) is 10.7 Å². The molecule has 2 aromatic carbocycles. The minimum absolute atomic E-state index is 0.0376. The van der Waals surface area contributed by atoms with E-state index < -0.39 is 12.5 Å². The van der Waals surface area contributed by atoms with Crippen LogP contribution in [-0.2, 0) is 6.54 Å². The number of ether oxygens (including phenoxy) is 1. The standard InChI is InChI=1S/C23H22F2N6O2/c1-13(2)21-30-18(19-20(26)28-12-29-31(19)21)15-9-7-14(8-10-15)11-27-22(32)16-5-3-4-6-17(16)33-23(24)25/h3-10,12-13,23H,11H2,1-2H3,(H,27,32)(H2,26,28,29). The Morgan fingerprint density at radius 1 is 1.15 bits per heavy atom. The second-order valence-electron chi connectivity index (χ2n) is 7.63.